The monoisotopic (exact) mass is 145 g/mol. The minimum atomic E-state index is 0.565. The van der Waals surface area contributed by atoms with E-state index in [0.717, 1.165) is 32.8 Å². The lowest BCUT2D eigenvalue weighted by Crippen LogP contribution is -2.31. The van der Waals surface area contributed by atoms with Gasteiger partial charge in [-0.1, -0.05) is 0 Å². The zero-order valence-electron chi connectivity index (χ0n) is 6.43. The van der Waals surface area contributed by atoms with Gasteiger partial charge in [0.1, 0.15) is 0 Å². The predicted octanol–water partition coefficient (Wildman–Crippen LogP) is 0.0113. The standard InChI is InChI=1S/C7H15NO2/c1-9-5-3-8-7-2-4-10-6-7/h7-8H,2-6H2,1H3/t7-/m1/s1. The van der Waals surface area contributed by atoms with Gasteiger partial charge in [-0.05, 0) is 6.42 Å². The normalized spacial score (nSPS) is 25.5. The van der Waals surface area contributed by atoms with E-state index >= 15 is 0 Å². The molecule has 1 atom stereocenters. The van der Waals surface area contributed by atoms with Gasteiger partial charge in [-0.3, -0.25) is 0 Å². The van der Waals surface area contributed by atoms with Gasteiger partial charge in [0, 0.05) is 26.3 Å². The summed E-state index contributed by atoms with van der Waals surface area (Å²) in [6.45, 7) is 3.50. The minimum Gasteiger partial charge on any atom is -0.383 e. The molecule has 1 aliphatic rings. The minimum absolute atomic E-state index is 0.565. The highest BCUT2D eigenvalue weighted by Crippen LogP contribution is 2.01. The van der Waals surface area contributed by atoms with Crippen molar-refractivity contribution in [1.29, 1.82) is 0 Å². The average Bonchev–Trinajstić information content (AvgIpc) is 2.41. The van der Waals surface area contributed by atoms with Crippen LogP contribution in [0.5, 0.6) is 0 Å². The Balaban J connectivity index is 1.91. The number of hydrogen-bond acceptors (Lipinski definition) is 3. The maximum atomic E-state index is 5.18. The fourth-order valence-corrected chi connectivity index (χ4v) is 1.06. The molecule has 0 unspecified atom stereocenters. The number of nitrogens with one attached hydrogen (secondary N) is 1. The van der Waals surface area contributed by atoms with Crippen molar-refractivity contribution in [3.05, 3.63) is 0 Å². The molecule has 0 aromatic heterocycles. The van der Waals surface area contributed by atoms with Gasteiger partial charge < -0.3 is 14.8 Å². The summed E-state index contributed by atoms with van der Waals surface area (Å²) in [6, 6.07) is 0.565. The molecule has 3 heteroatoms. The lowest BCUT2D eigenvalue weighted by molar-refractivity contribution is 0.179. The molecular weight excluding hydrogens is 130 g/mol. The molecule has 10 heavy (non-hydrogen) atoms. The van der Waals surface area contributed by atoms with Crippen molar-refractivity contribution in [1.82, 2.24) is 5.32 Å². The highest BCUT2D eigenvalue weighted by molar-refractivity contribution is 4.70. The van der Waals surface area contributed by atoms with Crippen LogP contribution >= 0.6 is 0 Å². The summed E-state index contributed by atoms with van der Waals surface area (Å²) < 4.78 is 10.1. The SMILES string of the molecule is COCCN[C@@H]1CCOC1. The summed E-state index contributed by atoms with van der Waals surface area (Å²) in [4.78, 5) is 0. The molecule has 1 heterocycles. The fraction of sp³-hybridized carbons (Fsp3) is 1.00. The van der Waals surface area contributed by atoms with Crippen LogP contribution in [0.4, 0.5) is 0 Å². The van der Waals surface area contributed by atoms with Crippen molar-refractivity contribution in [2.45, 2.75) is 12.5 Å². The Morgan fingerprint density at radius 3 is 3.20 bits per heavy atom. The van der Waals surface area contributed by atoms with Crippen LogP contribution in [-0.2, 0) is 9.47 Å². The summed E-state index contributed by atoms with van der Waals surface area (Å²) in [6.07, 6.45) is 1.14. The summed E-state index contributed by atoms with van der Waals surface area (Å²) in [7, 11) is 1.72. The Morgan fingerprint density at radius 1 is 1.70 bits per heavy atom. The lowest BCUT2D eigenvalue weighted by atomic mass is 10.3. The van der Waals surface area contributed by atoms with Crippen molar-refractivity contribution in [3.63, 3.8) is 0 Å². The zero-order valence-corrected chi connectivity index (χ0v) is 6.43. The van der Waals surface area contributed by atoms with Gasteiger partial charge in [-0.15, -0.1) is 0 Å². The van der Waals surface area contributed by atoms with E-state index in [4.69, 9.17) is 9.47 Å². The second kappa shape index (κ2) is 4.66. The molecule has 0 spiro atoms. The molecule has 1 aliphatic heterocycles. The number of ether oxygens (including phenoxy) is 2. The van der Waals surface area contributed by atoms with Crippen LogP contribution in [0.1, 0.15) is 6.42 Å². The highest BCUT2D eigenvalue weighted by Gasteiger charge is 2.13. The maximum Gasteiger partial charge on any atom is 0.0620 e. The number of hydrogen-bond donors (Lipinski definition) is 1. The molecule has 0 bridgehead atoms. The van der Waals surface area contributed by atoms with E-state index in [1.165, 1.54) is 0 Å². The van der Waals surface area contributed by atoms with Crippen LogP contribution in [0.15, 0.2) is 0 Å². The molecule has 0 amide bonds. The third kappa shape index (κ3) is 2.64. The van der Waals surface area contributed by atoms with Gasteiger partial charge >= 0.3 is 0 Å². The Morgan fingerprint density at radius 2 is 2.60 bits per heavy atom. The second-order valence-electron chi connectivity index (χ2n) is 2.51. The van der Waals surface area contributed by atoms with Crippen molar-refractivity contribution >= 4 is 0 Å². The Kier molecular flexibility index (Phi) is 3.72. The summed E-state index contributed by atoms with van der Waals surface area (Å²) in [5.74, 6) is 0. The molecule has 60 valence electrons. The van der Waals surface area contributed by atoms with Gasteiger partial charge in [0.15, 0.2) is 0 Å². The predicted molar refractivity (Wildman–Crippen MR) is 39.1 cm³/mol. The largest absolute Gasteiger partial charge is 0.383 e. The Hall–Kier alpha value is -0.120. The van der Waals surface area contributed by atoms with Crippen LogP contribution in [0.2, 0.25) is 0 Å². The highest BCUT2D eigenvalue weighted by atomic mass is 16.5. The van der Waals surface area contributed by atoms with Gasteiger partial charge in [0.05, 0.1) is 13.2 Å². The maximum absolute atomic E-state index is 5.18. The van der Waals surface area contributed by atoms with Gasteiger partial charge in [0.2, 0.25) is 0 Å². The molecule has 0 aromatic rings. The smallest absolute Gasteiger partial charge is 0.0620 e. The molecule has 0 aliphatic carbocycles. The van der Waals surface area contributed by atoms with E-state index in [0.29, 0.717) is 6.04 Å². The lowest BCUT2D eigenvalue weighted by Gasteiger charge is -2.08. The topological polar surface area (TPSA) is 30.5 Å². The number of methoxy groups -OCH3 is 1. The van der Waals surface area contributed by atoms with Crippen molar-refractivity contribution in [3.8, 4) is 0 Å². The summed E-state index contributed by atoms with van der Waals surface area (Å²) in [5.41, 5.74) is 0. The first-order valence-corrected chi connectivity index (χ1v) is 3.73. The van der Waals surface area contributed by atoms with E-state index in [9.17, 15) is 0 Å². The zero-order chi connectivity index (χ0) is 7.23. The van der Waals surface area contributed by atoms with E-state index in [1.54, 1.807) is 7.11 Å². The molecule has 0 aromatic carbocycles. The summed E-state index contributed by atoms with van der Waals surface area (Å²) in [5, 5.41) is 3.33. The first kappa shape index (κ1) is 7.98. The van der Waals surface area contributed by atoms with E-state index < -0.39 is 0 Å². The van der Waals surface area contributed by atoms with Crippen molar-refractivity contribution < 1.29 is 9.47 Å². The third-order valence-electron chi connectivity index (χ3n) is 1.67. The fourth-order valence-electron chi connectivity index (χ4n) is 1.06. The van der Waals surface area contributed by atoms with E-state index in [1.807, 2.05) is 0 Å². The van der Waals surface area contributed by atoms with Crippen molar-refractivity contribution in [2.75, 3.05) is 33.5 Å². The quantitative estimate of drug-likeness (QED) is 0.565. The van der Waals surface area contributed by atoms with Crippen LogP contribution < -0.4 is 5.32 Å². The van der Waals surface area contributed by atoms with E-state index in [2.05, 4.69) is 5.32 Å². The second-order valence-corrected chi connectivity index (χ2v) is 2.51. The van der Waals surface area contributed by atoms with Crippen LogP contribution in [0.3, 0.4) is 0 Å². The van der Waals surface area contributed by atoms with Gasteiger partial charge in [-0.2, -0.15) is 0 Å². The first-order valence-electron chi connectivity index (χ1n) is 3.73. The molecule has 0 radical (unpaired) electrons. The van der Waals surface area contributed by atoms with Crippen LogP contribution in [0.25, 0.3) is 0 Å². The molecular formula is C7H15NO2. The average molecular weight is 145 g/mol. The molecule has 0 saturated carbocycles. The molecule has 1 rings (SSSR count). The number of rotatable bonds is 4. The Labute approximate surface area is 61.7 Å². The van der Waals surface area contributed by atoms with Gasteiger partial charge in [-0.25, -0.2) is 0 Å². The Bertz CT molecular complexity index is 81.7. The van der Waals surface area contributed by atoms with Gasteiger partial charge in [0.25, 0.3) is 0 Å². The third-order valence-corrected chi connectivity index (χ3v) is 1.67. The van der Waals surface area contributed by atoms with E-state index in [-0.39, 0.29) is 0 Å². The van der Waals surface area contributed by atoms with Crippen LogP contribution in [-0.4, -0.2) is 39.5 Å². The molecule has 1 fully saturated rings. The first-order chi connectivity index (χ1) is 4.93. The molecule has 1 saturated heterocycles. The summed E-state index contributed by atoms with van der Waals surface area (Å²) >= 11 is 0. The van der Waals surface area contributed by atoms with Crippen molar-refractivity contribution in [2.24, 2.45) is 0 Å². The molecule has 1 N–H and O–H groups in total. The van der Waals surface area contributed by atoms with Crippen LogP contribution in [0, 0.1) is 0 Å². The molecule has 3 nitrogen and oxygen atoms in total.